The monoisotopic (exact) mass is 297 g/mol. The Bertz CT molecular complexity index is 767. The molecule has 0 unspecified atom stereocenters. The zero-order chi connectivity index (χ0) is 15.4. The number of imidazole rings is 1. The maximum absolute atomic E-state index is 9.62. The number of fused-ring (bicyclic) bond motifs is 1. The fraction of sp³-hybridized carbons (Fsp3) is 0.294. The first kappa shape index (κ1) is 14.5. The van der Waals surface area contributed by atoms with Crippen LogP contribution in [0.1, 0.15) is 17.8 Å². The predicted molar refractivity (Wildman–Crippen MR) is 84.9 cm³/mol. The molecule has 22 heavy (non-hydrogen) atoms. The molecule has 5 nitrogen and oxygen atoms in total. The van der Waals surface area contributed by atoms with Crippen molar-refractivity contribution in [3.05, 3.63) is 54.0 Å². The predicted octanol–water partition coefficient (Wildman–Crippen LogP) is 2.76. The van der Waals surface area contributed by atoms with Gasteiger partial charge in [0.25, 0.3) is 0 Å². The number of methoxy groups -OCH3 is 1. The molecule has 1 aromatic carbocycles. The molecule has 1 N–H and O–H groups in total. The van der Waals surface area contributed by atoms with E-state index in [0.717, 1.165) is 35.5 Å². The van der Waals surface area contributed by atoms with Gasteiger partial charge in [-0.1, -0.05) is 12.1 Å². The SMILES string of the molecule is COCCCn1c(Cc2cccc(O)c2)nc2cccnc21. The highest BCUT2D eigenvalue weighted by atomic mass is 16.5. The molecule has 0 spiro atoms. The van der Waals surface area contributed by atoms with Gasteiger partial charge in [-0.05, 0) is 36.2 Å². The average Bonchev–Trinajstić information content (AvgIpc) is 2.85. The van der Waals surface area contributed by atoms with E-state index in [1.807, 2.05) is 24.3 Å². The summed E-state index contributed by atoms with van der Waals surface area (Å²) in [5.74, 6) is 1.23. The second kappa shape index (κ2) is 6.58. The van der Waals surface area contributed by atoms with E-state index in [4.69, 9.17) is 9.72 Å². The van der Waals surface area contributed by atoms with Gasteiger partial charge < -0.3 is 14.4 Å². The summed E-state index contributed by atoms with van der Waals surface area (Å²) in [4.78, 5) is 9.14. The van der Waals surface area contributed by atoms with Crippen LogP contribution in [-0.4, -0.2) is 33.4 Å². The molecule has 2 heterocycles. The number of pyridine rings is 1. The Balaban J connectivity index is 1.94. The number of nitrogens with zero attached hydrogens (tertiary/aromatic N) is 3. The van der Waals surface area contributed by atoms with E-state index in [9.17, 15) is 5.11 Å². The molecule has 0 radical (unpaired) electrons. The zero-order valence-electron chi connectivity index (χ0n) is 12.6. The van der Waals surface area contributed by atoms with Crippen molar-refractivity contribution < 1.29 is 9.84 Å². The Morgan fingerprint density at radius 1 is 1.23 bits per heavy atom. The standard InChI is InChI=1S/C17H19N3O2/c1-22-10-4-9-20-16(12-13-5-2-6-14(21)11-13)19-15-7-3-8-18-17(15)20/h2-3,5-8,11,21H,4,9-10,12H2,1H3. The number of hydrogen-bond acceptors (Lipinski definition) is 4. The van der Waals surface area contributed by atoms with Crippen molar-refractivity contribution in [2.45, 2.75) is 19.4 Å². The van der Waals surface area contributed by atoms with Crippen molar-refractivity contribution in [3.63, 3.8) is 0 Å². The van der Waals surface area contributed by atoms with Crippen molar-refractivity contribution in [2.75, 3.05) is 13.7 Å². The van der Waals surface area contributed by atoms with E-state index in [1.165, 1.54) is 0 Å². The summed E-state index contributed by atoms with van der Waals surface area (Å²) in [6.45, 7) is 1.52. The summed E-state index contributed by atoms with van der Waals surface area (Å²) in [5.41, 5.74) is 2.83. The lowest BCUT2D eigenvalue weighted by molar-refractivity contribution is 0.190. The van der Waals surface area contributed by atoms with Crippen LogP contribution in [0.4, 0.5) is 0 Å². The van der Waals surface area contributed by atoms with Crippen molar-refractivity contribution in [1.29, 1.82) is 0 Å². The van der Waals surface area contributed by atoms with Crippen molar-refractivity contribution in [2.24, 2.45) is 0 Å². The van der Waals surface area contributed by atoms with E-state index in [0.29, 0.717) is 13.0 Å². The fourth-order valence-electron chi connectivity index (χ4n) is 2.59. The molecule has 0 amide bonds. The maximum atomic E-state index is 9.62. The summed E-state index contributed by atoms with van der Waals surface area (Å²) in [6.07, 6.45) is 3.36. The minimum absolute atomic E-state index is 0.276. The number of benzene rings is 1. The Hall–Kier alpha value is -2.40. The first-order valence-electron chi connectivity index (χ1n) is 7.35. The van der Waals surface area contributed by atoms with Gasteiger partial charge in [0.2, 0.25) is 0 Å². The summed E-state index contributed by atoms with van der Waals surface area (Å²) >= 11 is 0. The second-order valence-electron chi connectivity index (χ2n) is 5.22. The second-order valence-corrected chi connectivity index (χ2v) is 5.22. The Kier molecular flexibility index (Phi) is 4.34. The largest absolute Gasteiger partial charge is 0.508 e. The van der Waals surface area contributed by atoms with E-state index < -0.39 is 0 Å². The van der Waals surface area contributed by atoms with Gasteiger partial charge in [-0.25, -0.2) is 9.97 Å². The Labute approximate surface area is 129 Å². The molecule has 114 valence electrons. The van der Waals surface area contributed by atoms with Crippen LogP contribution < -0.4 is 0 Å². The van der Waals surface area contributed by atoms with Gasteiger partial charge in [0.1, 0.15) is 17.1 Å². The van der Waals surface area contributed by atoms with Crippen LogP contribution in [0.5, 0.6) is 5.75 Å². The quantitative estimate of drug-likeness (QED) is 0.711. The summed E-state index contributed by atoms with van der Waals surface area (Å²) in [5, 5.41) is 9.62. The number of aromatic hydroxyl groups is 1. The van der Waals surface area contributed by atoms with Gasteiger partial charge in [-0.2, -0.15) is 0 Å². The summed E-state index contributed by atoms with van der Waals surface area (Å²) < 4.78 is 7.28. The molecule has 0 aliphatic rings. The van der Waals surface area contributed by atoms with Crippen molar-refractivity contribution in [3.8, 4) is 5.75 Å². The highest BCUT2D eigenvalue weighted by Gasteiger charge is 2.12. The summed E-state index contributed by atoms with van der Waals surface area (Å²) in [6, 6.07) is 11.2. The van der Waals surface area contributed by atoms with Gasteiger partial charge in [0.05, 0.1) is 0 Å². The van der Waals surface area contributed by atoms with Crippen LogP contribution in [0.2, 0.25) is 0 Å². The number of phenols is 1. The van der Waals surface area contributed by atoms with Gasteiger partial charge >= 0.3 is 0 Å². The lowest BCUT2D eigenvalue weighted by Gasteiger charge is -2.08. The number of hydrogen-bond donors (Lipinski definition) is 1. The first-order chi connectivity index (χ1) is 10.8. The summed E-state index contributed by atoms with van der Waals surface area (Å²) in [7, 11) is 1.71. The number of aryl methyl sites for hydroxylation is 1. The molecular weight excluding hydrogens is 278 g/mol. The molecule has 5 heteroatoms. The fourth-order valence-corrected chi connectivity index (χ4v) is 2.59. The lowest BCUT2D eigenvalue weighted by Crippen LogP contribution is -2.07. The molecular formula is C17H19N3O2. The van der Waals surface area contributed by atoms with Gasteiger partial charge in [-0.15, -0.1) is 0 Å². The van der Waals surface area contributed by atoms with E-state index in [2.05, 4.69) is 9.55 Å². The van der Waals surface area contributed by atoms with E-state index in [1.54, 1.807) is 25.4 Å². The van der Waals surface area contributed by atoms with Gasteiger partial charge in [0.15, 0.2) is 5.65 Å². The molecule has 3 aromatic rings. The average molecular weight is 297 g/mol. The van der Waals surface area contributed by atoms with Crippen LogP contribution in [0.15, 0.2) is 42.6 Å². The zero-order valence-corrected chi connectivity index (χ0v) is 12.6. The maximum Gasteiger partial charge on any atom is 0.159 e. The van der Waals surface area contributed by atoms with Crippen molar-refractivity contribution in [1.82, 2.24) is 14.5 Å². The molecule has 0 saturated carbocycles. The van der Waals surface area contributed by atoms with Crippen LogP contribution >= 0.6 is 0 Å². The normalized spacial score (nSPS) is 11.1. The smallest absolute Gasteiger partial charge is 0.159 e. The Morgan fingerprint density at radius 3 is 2.95 bits per heavy atom. The molecule has 0 fully saturated rings. The molecule has 3 rings (SSSR count). The van der Waals surface area contributed by atoms with E-state index in [-0.39, 0.29) is 5.75 Å². The molecule has 0 atom stereocenters. The highest BCUT2D eigenvalue weighted by molar-refractivity contribution is 5.71. The van der Waals surface area contributed by atoms with Crippen LogP contribution in [0, 0.1) is 0 Å². The van der Waals surface area contributed by atoms with Gasteiger partial charge in [-0.3, -0.25) is 0 Å². The molecule has 0 saturated heterocycles. The third-order valence-corrected chi connectivity index (χ3v) is 3.59. The van der Waals surface area contributed by atoms with Crippen LogP contribution in [0.3, 0.4) is 0 Å². The first-order valence-corrected chi connectivity index (χ1v) is 7.35. The molecule has 0 aliphatic carbocycles. The minimum atomic E-state index is 0.276. The third kappa shape index (κ3) is 3.09. The van der Waals surface area contributed by atoms with Crippen LogP contribution in [-0.2, 0) is 17.7 Å². The highest BCUT2D eigenvalue weighted by Crippen LogP contribution is 2.19. The number of ether oxygens (including phenoxy) is 1. The lowest BCUT2D eigenvalue weighted by atomic mass is 10.1. The number of aromatic nitrogens is 3. The van der Waals surface area contributed by atoms with Crippen molar-refractivity contribution >= 4 is 11.2 Å². The van der Waals surface area contributed by atoms with Crippen LogP contribution in [0.25, 0.3) is 11.2 Å². The van der Waals surface area contributed by atoms with E-state index >= 15 is 0 Å². The Morgan fingerprint density at radius 2 is 2.14 bits per heavy atom. The third-order valence-electron chi connectivity index (χ3n) is 3.59. The number of phenolic OH excluding ortho intramolecular Hbond substituents is 1. The minimum Gasteiger partial charge on any atom is -0.508 e. The topological polar surface area (TPSA) is 60.2 Å². The van der Waals surface area contributed by atoms with Gasteiger partial charge in [0, 0.05) is 32.9 Å². The molecule has 0 aliphatic heterocycles. The molecule has 2 aromatic heterocycles. The molecule has 0 bridgehead atoms. The number of rotatable bonds is 6.